The Morgan fingerprint density at radius 3 is 2.56 bits per heavy atom. The van der Waals surface area contributed by atoms with Crippen molar-refractivity contribution in [3.05, 3.63) is 70.5 Å². The molecule has 0 radical (unpaired) electrons. The van der Waals surface area contributed by atoms with Crippen molar-refractivity contribution >= 4 is 11.5 Å². The highest BCUT2D eigenvalue weighted by Crippen LogP contribution is 2.33. The van der Waals surface area contributed by atoms with Gasteiger partial charge in [0.05, 0.1) is 18.2 Å². The Balaban J connectivity index is 1.41. The lowest BCUT2D eigenvalue weighted by Crippen LogP contribution is -2.59. The summed E-state index contributed by atoms with van der Waals surface area (Å²) in [6.45, 7) is 1.57. The van der Waals surface area contributed by atoms with Gasteiger partial charge >= 0.3 is 5.97 Å². The van der Waals surface area contributed by atoms with Crippen LogP contribution in [-0.2, 0) is 11.2 Å². The first-order valence-corrected chi connectivity index (χ1v) is 10.6. The van der Waals surface area contributed by atoms with Gasteiger partial charge in [-0.1, -0.05) is 24.3 Å². The molecule has 1 fully saturated rings. The first-order chi connectivity index (χ1) is 15.3. The van der Waals surface area contributed by atoms with Crippen LogP contribution in [0.1, 0.15) is 24.0 Å². The second-order valence-corrected chi connectivity index (χ2v) is 8.36. The second kappa shape index (κ2) is 9.34. The smallest absolute Gasteiger partial charge is 0.333 e. The van der Waals surface area contributed by atoms with Gasteiger partial charge in [-0.05, 0) is 55.1 Å². The van der Waals surface area contributed by atoms with Gasteiger partial charge in [0.25, 0.3) is 0 Å². The van der Waals surface area contributed by atoms with Gasteiger partial charge in [0.1, 0.15) is 0 Å². The average molecular weight is 446 g/mol. The molecular weight excluding hydrogens is 421 g/mol. The number of halogens is 3. The third-order valence-electron chi connectivity index (χ3n) is 5.98. The van der Waals surface area contributed by atoms with Crippen LogP contribution < -0.4 is 10.1 Å². The fourth-order valence-electron chi connectivity index (χ4n) is 4.53. The summed E-state index contributed by atoms with van der Waals surface area (Å²) in [5.74, 6) is -5.01. The Morgan fingerprint density at radius 1 is 1.12 bits per heavy atom. The predicted molar refractivity (Wildman–Crippen MR) is 114 cm³/mol. The number of carboxylic acids is 1. The van der Waals surface area contributed by atoms with Crippen LogP contribution in [0.2, 0.25) is 0 Å². The normalized spacial score (nSPS) is 21.0. The molecule has 4 rings (SSSR count). The van der Waals surface area contributed by atoms with E-state index in [0.717, 1.165) is 35.4 Å². The summed E-state index contributed by atoms with van der Waals surface area (Å²) in [5.41, 5.74) is 3.18. The van der Waals surface area contributed by atoms with E-state index in [-0.39, 0.29) is 18.7 Å². The van der Waals surface area contributed by atoms with E-state index in [9.17, 15) is 23.1 Å². The third-order valence-corrected chi connectivity index (χ3v) is 5.98. The van der Waals surface area contributed by atoms with Crippen LogP contribution in [0.3, 0.4) is 0 Å². The predicted octanol–water partition coefficient (Wildman–Crippen LogP) is 3.63. The zero-order valence-electron chi connectivity index (χ0n) is 17.7. The number of hydrogen-bond donors (Lipinski definition) is 2. The number of rotatable bonds is 7. The van der Waals surface area contributed by atoms with Gasteiger partial charge < -0.3 is 20.1 Å². The number of piperazine rings is 1. The largest absolute Gasteiger partial charge is 0.488 e. The minimum Gasteiger partial charge on any atom is -0.488 e. The van der Waals surface area contributed by atoms with Crippen LogP contribution in [0.15, 0.2) is 42.0 Å². The number of aliphatic carboxylic acids is 1. The summed E-state index contributed by atoms with van der Waals surface area (Å²) in [6.07, 6.45) is 1.74. The van der Waals surface area contributed by atoms with E-state index in [1.807, 2.05) is 31.3 Å². The summed E-state index contributed by atoms with van der Waals surface area (Å²) < 4.78 is 45.6. The molecule has 2 bridgehead atoms. The van der Waals surface area contributed by atoms with E-state index < -0.39 is 29.2 Å². The first kappa shape index (κ1) is 22.4. The van der Waals surface area contributed by atoms with E-state index in [2.05, 4.69) is 10.2 Å². The summed E-state index contributed by atoms with van der Waals surface area (Å²) in [4.78, 5) is 14.1. The summed E-state index contributed by atoms with van der Waals surface area (Å²) in [6, 6.07) is 9.27. The molecule has 2 unspecified atom stereocenters. The average Bonchev–Trinajstić information content (AvgIpc) is 2.75. The monoisotopic (exact) mass is 446 g/mol. The van der Waals surface area contributed by atoms with Crippen LogP contribution in [-0.4, -0.2) is 54.8 Å². The number of likely N-dealkylation sites (N-methyl/N-ethyl adjacent to an activating group) is 1. The molecule has 0 aromatic heterocycles. The number of carboxylic acid groups (broad SMARTS) is 1. The lowest BCUT2D eigenvalue weighted by molar-refractivity contribution is -0.133. The van der Waals surface area contributed by atoms with Crippen molar-refractivity contribution in [1.82, 2.24) is 10.2 Å². The van der Waals surface area contributed by atoms with Crippen molar-refractivity contribution in [3.8, 4) is 5.75 Å². The number of nitrogens with zero attached hydrogens (tertiary/aromatic N) is 1. The van der Waals surface area contributed by atoms with E-state index in [1.165, 1.54) is 0 Å². The number of fused-ring (bicyclic) bond motifs is 2. The maximum atomic E-state index is 13.6. The van der Waals surface area contributed by atoms with Crippen LogP contribution in [0.5, 0.6) is 5.75 Å². The second-order valence-electron chi connectivity index (χ2n) is 8.36. The molecule has 2 aromatic carbocycles. The Morgan fingerprint density at radius 2 is 1.84 bits per heavy atom. The maximum absolute atomic E-state index is 13.6. The fourth-order valence-corrected chi connectivity index (χ4v) is 4.53. The molecule has 2 aromatic rings. The quantitative estimate of drug-likeness (QED) is 0.503. The lowest BCUT2D eigenvalue weighted by atomic mass is 9.83. The van der Waals surface area contributed by atoms with Gasteiger partial charge in [-0.2, -0.15) is 4.39 Å². The van der Waals surface area contributed by atoms with E-state index in [1.54, 1.807) is 0 Å². The number of hydrogen-bond acceptors (Lipinski definition) is 4. The van der Waals surface area contributed by atoms with Gasteiger partial charge in [-0.15, -0.1) is 0 Å². The molecule has 0 amide bonds. The van der Waals surface area contributed by atoms with Crippen molar-refractivity contribution in [3.63, 3.8) is 0 Å². The third kappa shape index (κ3) is 4.66. The number of carbonyl (C=O) groups is 1. The molecule has 5 nitrogen and oxygen atoms in total. The highest BCUT2D eigenvalue weighted by molar-refractivity contribution is 5.98. The molecule has 2 aliphatic heterocycles. The number of benzene rings is 2. The van der Waals surface area contributed by atoms with Crippen LogP contribution in [0, 0.1) is 17.5 Å². The lowest BCUT2D eigenvalue weighted by Gasteiger charge is -2.42. The zero-order valence-corrected chi connectivity index (χ0v) is 17.7. The van der Waals surface area contributed by atoms with Gasteiger partial charge in [-0.25, -0.2) is 13.6 Å². The van der Waals surface area contributed by atoms with Gasteiger partial charge in [0.2, 0.25) is 5.82 Å². The molecule has 1 saturated heterocycles. The van der Waals surface area contributed by atoms with Crippen LogP contribution in [0.4, 0.5) is 13.2 Å². The Labute approximate surface area is 184 Å². The summed E-state index contributed by atoms with van der Waals surface area (Å²) >= 11 is 0. The molecule has 8 heteroatoms. The van der Waals surface area contributed by atoms with Gasteiger partial charge in [-0.3, -0.25) is 0 Å². The van der Waals surface area contributed by atoms with Crippen molar-refractivity contribution in [2.24, 2.45) is 0 Å². The molecule has 2 atom stereocenters. The van der Waals surface area contributed by atoms with Crippen molar-refractivity contribution in [1.29, 1.82) is 0 Å². The molecule has 0 aliphatic carbocycles. The van der Waals surface area contributed by atoms with Crippen LogP contribution >= 0.6 is 0 Å². The summed E-state index contributed by atoms with van der Waals surface area (Å²) in [5, 5.41) is 13.2. The number of nitrogens with one attached hydrogen (secondary N) is 1. The molecule has 32 heavy (non-hydrogen) atoms. The first-order valence-electron chi connectivity index (χ1n) is 10.6. The fraction of sp³-hybridized carbons (Fsp3) is 0.375. The maximum Gasteiger partial charge on any atom is 0.333 e. The highest BCUT2D eigenvalue weighted by Gasteiger charge is 2.37. The molecule has 2 aliphatic rings. The van der Waals surface area contributed by atoms with Gasteiger partial charge in [0.15, 0.2) is 17.4 Å². The topological polar surface area (TPSA) is 61.8 Å². The van der Waals surface area contributed by atoms with Crippen molar-refractivity contribution < 1.29 is 27.8 Å². The Bertz CT molecular complexity index is 1040. The van der Waals surface area contributed by atoms with E-state index in [4.69, 9.17) is 4.74 Å². The Hall–Kier alpha value is -2.84. The number of ether oxygens (including phenoxy) is 1. The Kier molecular flexibility index (Phi) is 6.53. The summed E-state index contributed by atoms with van der Waals surface area (Å²) in [7, 11) is 2.00. The van der Waals surface area contributed by atoms with Gasteiger partial charge in [0, 0.05) is 19.1 Å². The standard InChI is InChI=1S/C24H25F3N2O3/c1-29-12-16-11-17(21(24(30)31)20(13-29)28-16)15-6-4-14(5-7-15)3-2-10-32-23-19(26)9-8-18(25)22(23)27/h4-9,16,20,28H,2-3,10-13H2,1H3,(H,30,31). The highest BCUT2D eigenvalue weighted by atomic mass is 19.2. The van der Waals surface area contributed by atoms with E-state index in [0.29, 0.717) is 31.4 Å². The minimum absolute atomic E-state index is 0.0376. The molecule has 0 spiro atoms. The molecule has 2 N–H and O–H groups in total. The number of aryl methyl sites for hydroxylation is 1. The van der Waals surface area contributed by atoms with Crippen molar-refractivity contribution in [2.75, 3.05) is 26.7 Å². The molecular formula is C24H25F3N2O3. The SMILES string of the molecule is CN1CC2CC(c3ccc(CCCOc4c(F)ccc(F)c4F)cc3)=C(C(=O)O)C(C1)N2. The minimum atomic E-state index is -1.32. The molecule has 0 saturated carbocycles. The van der Waals surface area contributed by atoms with E-state index >= 15 is 0 Å². The zero-order chi connectivity index (χ0) is 22.8. The molecule has 170 valence electrons. The van der Waals surface area contributed by atoms with Crippen LogP contribution in [0.25, 0.3) is 5.57 Å². The molecule has 2 heterocycles. The van der Waals surface area contributed by atoms with Crippen molar-refractivity contribution in [2.45, 2.75) is 31.3 Å².